The fraction of sp³-hybridized carbons (Fsp3) is 0.160. The minimum absolute atomic E-state index is 0.292. The van der Waals surface area contributed by atoms with Crippen molar-refractivity contribution in [1.82, 2.24) is 9.88 Å². The summed E-state index contributed by atoms with van der Waals surface area (Å²) in [5.41, 5.74) is 5.33. The van der Waals surface area contributed by atoms with Gasteiger partial charge in [-0.25, -0.2) is 4.98 Å². The van der Waals surface area contributed by atoms with Crippen molar-refractivity contribution < 1.29 is 14.2 Å². The van der Waals surface area contributed by atoms with E-state index in [1.807, 2.05) is 30.3 Å². The van der Waals surface area contributed by atoms with E-state index in [2.05, 4.69) is 47.4 Å². The van der Waals surface area contributed by atoms with Gasteiger partial charge in [0.25, 0.3) is 0 Å². The molecule has 5 nitrogen and oxygen atoms in total. The van der Waals surface area contributed by atoms with Crippen LogP contribution in [0.5, 0.6) is 17.2 Å². The maximum atomic E-state index is 6.30. The second-order valence-electron chi connectivity index (χ2n) is 7.60. The molecule has 0 aliphatic carbocycles. The number of hydrogen-bond acceptors (Lipinski definition) is 5. The van der Waals surface area contributed by atoms with Gasteiger partial charge in [-0.15, -0.1) is 0 Å². The largest absolute Gasteiger partial charge is 0.475 e. The third-order valence-corrected chi connectivity index (χ3v) is 5.61. The lowest BCUT2D eigenvalue weighted by Crippen LogP contribution is -2.32. The zero-order valence-corrected chi connectivity index (χ0v) is 16.4. The Hall–Kier alpha value is -3.57. The highest BCUT2D eigenvalue weighted by molar-refractivity contribution is 5.89. The first-order valence-electron chi connectivity index (χ1n) is 10.1. The smallest absolute Gasteiger partial charge is 0.231 e. The molecule has 0 N–H and O–H groups in total. The Morgan fingerprint density at radius 1 is 0.833 bits per heavy atom. The number of rotatable bonds is 3. The van der Waals surface area contributed by atoms with Gasteiger partial charge >= 0.3 is 0 Å². The van der Waals surface area contributed by atoms with Gasteiger partial charge in [-0.05, 0) is 23.8 Å². The summed E-state index contributed by atoms with van der Waals surface area (Å²) in [5, 5.41) is 1.14. The molecule has 2 aliphatic rings. The van der Waals surface area contributed by atoms with E-state index in [9.17, 15) is 0 Å². The number of ether oxygens (including phenoxy) is 3. The molecule has 1 aromatic heterocycles. The number of hydrogen-bond donors (Lipinski definition) is 0. The topological polar surface area (TPSA) is 43.8 Å². The van der Waals surface area contributed by atoms with Gasteiger partial charge in [0.15, 0.2) is 17.2 Å². The van der Waals surface area contributed by atoms with Crippen LogP contribution in [-0.2, 0) is 13.1 Å². The summed E-state index contributed by atoms with van der Waals surface area (Å²) in [5.74, 6) is 2.51. The lowest BCUT2D eigenvalue weighted by molar-refractivity contribution is 0.0898. The highest BCUT2D eigenvalue weighted by atomic mass is 16.7. The molecule has 6 rings (SSSR count). The maximum absolute atomic E-state index is 6.30. The molecule has 0 unspecified atom stereocenters. The summed E-state index contributed by atoms with van der Waals surface area (Å²) in [6.07, 6.45) is 0. The third-order valence-electron chi connectivity index (χ3n) is 5.61. The molecule has 3 heterocycles. The Kier molecular flexibility index (Phi) is 4.06. The molecule has 0 spiro atoms. The van der Waals surface area contributed by atoms with Crippen LogP contribution in [0.4, 0.5) is 0 Å². The van der Waals surface area contributed by atoms with Crippen LogP contribution < -0.4 is 14.2 Å². The zero-order valence-electron chi connectivity index (χ0n) is 16.4. The first-order chi connectivity index (χ1) is 14.8. The molecule has 0 saturated heterocycles. The quantitative estimate of drug-likeness (QED) is 0.489. The number of aromatic nitrogens is 1. The van der Waals surface area contributed by atoms with Gasteiger partial charge in [-0.1, -0.05) is 54.6 Å². The molecule has 148 valence electrons. The molecule has 2 aliphatic heterocycles. The van der Waals surface area contributed by atoms with E-state index in [-0.39, 0.29) is 0 Å². The van der Waals surface area contributed by atoms with E-state index in [1.165, 1.54) is 11.1 Å². The predicted molar refractivity (Wildman–Crippen MR) is 114 cm³/mol. The number of para-hydroxylation sites is 1. The van der Waals surface area contributed by atoms with Crippen molar-refractivity contribution in [2.75, 3.05) is 13.5 Å². The zero-order chi connectivity index (χ0) is 19.9. The number of pyridine rings is 1. The summed E-state index contributed by atoms with van der Waals surface area (Å²) in [6, 6.07) is 24.7. The van der Waals surface area contributed by atoms with Crippen LogP contribution in [0.25, 0.3) is 22.2 Å². The number of benzene rings is 3. The number of fused-ring (bicyclic) bond motifs is 4. The lowest BCUT2D eigenvalue weighted by Gasteiger charge is -2.31. The minimum Gasteiger partial charge on any atom is -0.475 e. The van der Waals surface area contributed by atoms with Crippen molar-refractivity contribution in [2.24, 2.45) is 0 Å². The molecule has 0 atom stereocenters. The summed E-state index contributed by atoms with van der Waals surface area (Å²) in [4.78, 5) is 7.23. The van der Waals surface area contributed by atoms with Gasteiger partial charge in [0.2, 0.25) is 6.79 Å². The van der Waals surface area contributed by atoms with Crippen LogP contribution in [0.1, 0.15) is 11.1 Å². The van der Waals surface area contributed by atoms with Crippen molar-refractivity contribution in [3.8, 4) is 28.5 Å². The molecule has 30 heavy (non-hydrogen) atoms. The Balaban J connectivity index is 1.38. The van der Waals surface area contributed by atoms with Gasteiger partial charge in [-0.3, -0.25) is 4.90 Å². The van der Waals surface area contributed by atoms with E-state index >= 15 is 0 Å². The fourth-order valence-corrected chi connectivity index (χ4v) is 4.19. The van der Waals surface area contributed by atoms with Crippen LogP contribution in [0.3, 0.4) is 0 Å². The second-order valence-corrected chi connectivity index (χ2v) is 7.60. The Labute approximate surface area is 174 Å². The number of nitrogens with zero attached hydrogens (tertiary/aromatic N) is 2. The van der Waals surface area contributed by atoms with E-state index in [0.717, 1.165) is 52.5 Å². The van der Waals surface area contributed by atoms with Crippen LogP contribution in [-0.4, -0.2) is 23.4 Å². The monoisotopic (exact) mass is 396 g/mol. The average molecular weight is 396 g/mol. The van der Waals surface area contributed by atoms with Gasteiger partial charge in [0.05, 0.1) is 5.52 Å². The van der Waals surface area contributed by atoms with Crippen LogP contribution in [0.2, 0.25) is 0 Å². The third kappa shape index (κ3) is 2.95. The summed E-state index contributed by atoms with van der Waals surface area (Å²) >= 11 is 0. The molecule has 3 aromatic carbocycles. The van der Waals surface area contributed by atoms with E-state index in [4.69, 9.17) is 19.2 Å². The molecule has 0 amide bonds. The van der Waals surface area contributed by atoms with Crippen LogP contribution in [0, 0.1) is 0 Å². The fourth-order valence-electron chi connectivity index (χ4n) is 4.19. The van der Waals surface area contributed by atoms with Gasteiger partial charge in [-0.2, -0.15) is 0 Å². The SMILES string of the molecule is c1ccc(-c2nc3ccccc3c3c2OCN(Cc2ccc4c(c2)OCO4)C3)cc1. The Morgan fingerprint density at radius 3 is 2.60 bits per heavy atom. The first kappa shape index (κ1) is 17.3. The van der Waals surface area contributed by atoms with Crippen molar-refractivity contribution >= 4 is 10.9 Å². The van der Waals surface area contributed by atoms with Crippen molar-refractivity contribution in [3.63, 3.8) is 0 Å². The van der Waals surface area contributed by atoms with Crippen molar-refractivity contribution in [2.45, 2.75) is 13.1 Å². The summed E-state index contributed by atoms with van der Waals surface area (Å²) in [7, 11) is 0. The Morgan fingerprint density at radius 2 is 1.67 bits per heavy atom. The average Bonchev–Trinajstić information content (AvgIpc) is 3.27. The highest BCUT2D eigenvalue weighted by Gasteiger charge is 2.25. The van der Waals surface area contributed by atoms with Gasteiger partial charge < -0.3 is 14.2 Å². The molecular weight excluding hydrogens is 376 g/mol. The molecule has 0 bridgehead atoms. The van der Waals surface area contributed by atoms with E-state index < -0.39 is 0 Å². The van der Waals surface area contributed by atoms with Crippen molar-refractivity contribution in [1.29, 1.82) is 0 Å². The van der Waals surface area contributed by atoms with Crippen LogP contribution in [0.15, 0.2) is 72.8 Å². The molecule has 0 fully saturated rings. The minimum atomic E-state index is 0.292. The van der Waals surface area contributed by atoms with E-state index in [1.54, 1.807) is 0 Å². The van der Waals surface area contributed by atoms with Gasteiger partial charge in [0.1, 0.15) is 12.4 Å². The van der Waals surface area contributed by atoms with E-state index in [0.29, 0.717) is 13.5 Å². The summed E-state index contributed by atoms with van der Waals surface area (Å²) in [6.45, 7) is 2.38. The summed E-state index contributed by atoms with van der Waals surface area (Å²) < 4.78 is 17.3. The van der Waals surface area contributed by atoms with Gasteiger partial charge in [0, 0.05) is 29.6 Å². The standard InChI is InChI=1S/C25H20N2O3/c1-2-6-18(7-3-1)24-25-20(19-8-4-5-9-21(19)26-24)14-27(15-28-25)13-17-10-11-22-23(12-17)30-16-29-22/h1-12H,13-16H2. The predicted octanol–water partition coefficient (Wildman–Crippen LogP) is 4.98. The second kappa shape index (κ2) is 7.04. The first-order valence-corrected chi connectivity index (χ1v) is 10.1. The Bertz CT molecular complexity index is 1240. The molecular formula is C25H20N2O3. The lowest BCUT2D eigenvalue weighted by atomic mass is 10.0. The van der Waals surface area contributed by atoms with Crippen LogP contribution >= 0.6 is 0 Å². The molecule has 4 aromatic rings. The van der Waals surface area contributed by atoms with Crippen molar-refractivity contribution in [3.05, 3.63) is 83.9 Å². The molecule has 0 radical (unpaired) electrons. The maximum Gasteiger partial charge on any atom is 0.231 e. The molecule has 5 heteroatoms. The highest BCUT2D eigenvalue weighted by Crippen LogP contribution is 2.40. The normalized spacial score (nSPS) is 15.1. The molecule has 0 saturated carbocycles.